The van der Waals surface area contributed by atoms with Gasteiger partial charge in [0.05, 0.1) is 12.1 Å². The van der Waals surface area contributed by atoms with Gasteiger partial charge >= 0.3 is 0 Å². The highest BCUT2D eigenvalue weighted by Crippen LogP contribution is 2.40. The molecule has 2 aliphatic rings. The number of rotatable bonds is 10. The molecule has 334 valence electrons. The van der Waals surface area contributed by atoms with E-state index in [1.54, 1.807) is 0 Å². The van der Waals surface area contributed by atoms with Gasteiger partial charge in [-0.3, -0.25) is 0 Å². The number of fused-ring (bicyclic) bond motifs is 4. The quantitative estimate of drug-likeness (QED) is 0.126. The molecule has 0 aromatic heterocycles. The third kappa shape index (κ3) is 7.82. The highest BCUT2D eigenvalue weighted by molar-refractivity contribution is 6.99. The predicted octanol–water partition coefficient (Wildman–Crippen LogP) is 9.75. The molecule has 0 saturated heterocycles. The maximum atomic E-state index is 11.3. The number of hydrogen-bond acceptors (Lipinski definition) is 8. The van der Waals surface area contributed by atoms with Crippen LogP contribution in [-0.2, 0) is 0 Å². The third-order valence-corrected chi connectivity index (χ3v) is 13.4. The molecule has 70 heavy (non-hydrogen) atoms. The minimum Gasteiger partial charge on any atom is -0.458 e. The predicted molar refractivity (Wildman–Crippen MR) is 289 cm³/mol. The van der Waals surface area contributed by atoms with Crippen LogP contribution in [0.3, 0.4) is 0 Å². The molecule has 0 saturated carbocycles. The molecule has 0 spiro atoms. The Balaban J connectivity index is 1.11. The lowest BCUT2D eigenvalue weighted by Crippen LogP contribution is -2.59. The smallest absolute Gasteiger partial charge is 0.252 e. The molecule has 10 heteroatoms. The fourth-order valence-electron chi connectivity index (χ4n) is 9.98. The van der Waals surface area contributed by atoms with Crippen molar-refractivity contribution in [2.75, 3.05) is 47.8 Å². The molecule has 0 bridgehead atoms. The van der Waals surface area contributed by atoms with Crippen molar-refractivity contribution in [3.05, 3.63) is 217 Å². The molecule has 0 unspecified atom stereocenters. The Bertz CT molecular complexity index is 3240. The first kappa shape index (κ1) is 43.5. The topological polar surface area (TPSA) is 79.0 Å². The maximum absolute atomic E-state index is 11.3. The van der Waals surface area contributed by atoms with Crippen LogP contribution in [0.25, 0.3) is 0 Å². The molecule has 0 radical (unpaired) electrons. The number of ether oxygens (including phenoxy) is 2. The number of para-hydroxylation sites is 4. The minimum atomic E-state index is -0.471. The van der Waals surface area contributed by atoms with Crippen molar-refractivity contribution in [3.8, 4) is 35.1 Å². The Hall–Kier alpha value is -9.11. The average Bonchev–Trinajstić information content (AvgIpc) is 3.40. The van der Waals surface area contributed by atoms with E-state index in [4.69, 9.17) is 9.47 Å². The minimum absolute atomic E-state index is 0.384. The van der Waals surface area contributed by atoms with Crippen molar-refractivity contribution in [2.24, 2.45) is 0 Å². The number of hydrogen-bond donors (Lipinski definition) is 0. The maximum Gasteiger partial charge on any atom is 0.252 e. The summed E-state index contributed by atoms with van der Waals surface area (Å²) in [4.78, 5) is 8.52. The van der Waals surface area contributed by atoms with Gasteiger partial charge in [0.1, 0.15) is 23.0 Å². The lowest BCUT2D eigenvalue weighted by molar-refractivity contribution is 0.487. The van der Waals surface area contributed by atoms with E-state index in [9.17, 15) is 10.5 Å². The largest absolute Gasteiger partial charge is 0.458 e. The zero-order chi connectivity index (χ0) is 47.9. The fourth-order valence-corrected chi connectivity index (χ4v) is 9.98. The standard InChI is InChI=1S/C60H46B2N6O2/c1-65(2)47-25-29-51-57(35-47)69-58-36-48(66(3)4)26-30-52(58)61(51)55-33-42(40-64)56(34-41(55)39-63)62-53-31-27-49(67(43-17-9-5-10-18-43)44-19-11-6-12-20-44)37-59(53)70-60-38-50(28-32-54(60)62)68(45-21-13-7-14-22-45)46-23-15-8-16-24-46/h5-38H,1-4H3. The van der Waals surface area contributed by atoms with E-state index in [2.05, 4.69) is 131 Å². The summed E-state index contributed by atoms with van der Waals surface area (Å²) in [7, 11) is 8.02. The average molecular weight is 905 g/mol. The molecule has 9 aromatic rings. The summed E-state index contributed by atoms with van der Waals surface area (Å²) < 4.78 is 13.8. The van der Waals surface area contributed by atoms with E-state index in [0.717, 1.165) is 78.3 Å². The Morgan fingerprint density at radius 3 is 0.857 bits per heavy atom. The van der Waals surface area contributed by atoms with Crippen LogP contribution in [0.2, 0.25) is 0 Å². The summed E-state index contributed by atoms with van der Waals surface area (Å²) in [5.41, 5.74) is 13.8. The lowest BCUT2D eigenvalue weighted by Gasteiger charge is -2.32. The Kier molecular flexibility index (Phi) is 11.3. The van der Waals surface area contributed by atoms with Crippen molar-refractivity contribution in [1.82, 2.24) is 0 Å². The molecule has 8 nitrogen and oxygen atoms in total. The summed E-state index contributed by atoms with van der Waals surface area (Å²) in [6, 6.07) is 75.3. The Morgan fingerprint density at radius 2 is 0.586 bits per heavy atom. The van der Waals surface area contributed by atoms with Crippen molar-refractivity contribution in [2.45, 2.75) is 0 Å². The van der Waals surface area contributed by atoms with Gasteiger partial charge in [-0.25, -0.2) is 0 Å². The van der Waals surface area contributed by atoms with Crippen LogP contribution in [0.15, 0.2) is 206 Å². The Morgan fingerprint density at radius 1 is 0.314 bits per heavy atom. The van der Waals surface area contributed by atoms with Gasteiger partial charge in [-0.15, -0.1) is 0 Å². The van der Waals surface area contributed by atoms with Gasteiger partial charge < -0.3 is 29.1 Å². The fraction of sp³-hybridized carbons (Fsp3) is 0.0667. The second kappa shape index (κ2) is 18.2. The zero-order valence-corrected chi connectivity index (χ0v) is 39.3. The van der Waals surface area contributed by atoms with Crippen LogP contribution in [0.4, 0.5) is 45.5 Å². The van der Waals surface area contributed by atoms with Gasteiger partial charge in [0, 0.05) is 109 Å². The second-order valence-corrected chi connectivity index (χ2v) is 18.0. The first-order valence-corrected chi connectivity index (χ1v) is 23.3. The first-order valence-electron chi connectivity index (χ1n) is 23.3. The van der Waals surface area contributed by atoms with Crippen LogP contribution >= 0.6 is 0 Å². The van der Waals surface area contributed by atoms with Gasteiger partial charge in [0.15, 0.2) is 0 Å². The van der Waals surface area contributed by atoms with Crippen LogP contribution in [0.1, 0.15) is 11.1 Å². The molecule has 11 rings (SSSR count). The van der Waals surface area contributed by atoms with Crippen LogP contribution in [0.5, 0.6) is 23.0 Å². The van der Waals surface area contributed by atoms with Crippen LogP contribution in [-0.4, -0.2) is 41.6 Å². The zero-order valence-electron chi connectivity index (χ0n) is 39.3. The van der Waals surface area contributed by atoms with Gasteiger partial charge in [-0.1, -0.05) is 97.1 Å². The van der Waals surface area contributed by atoms with Gasteiger partial charge in [0.25, 0.3) is 13.4 Å². The molecular weight excluding hydrogens is 858 g/mol. The molecule has 0 fully saturated rings. The highest BCUT2D eigenvalue weighted by Gasteiger charge is 2.39. The third-order valence-electron chi connectivity index (χ3n) is 13.4. The normalized spacial score (nSPS) is 11.9. The van der Waals surface area contributed by atoms with Crippen LogP contribution in [0, 0.1) is 22.7 Å². The number of benzene rings is 9. The van der Waals surface area contributed by atoms with Crippen molar-refractivity contribution < 1.29 is 9.47 Å². The molecule has 2 heterocycles. The van der Waals surface area contributed by atoms with Gasteiger partial charge in [0.2, 0.25) is 0 Å². The molecule has 9 aromatic carbocycles. The van der Waals surface area contributed by atoms with E-state index in [1.165, 1.54) is 0 Å². The van der Waals surface area contributed by atoms with E-state index in [1.807, 2.05) is 135 Å². The first-order chi connectivity index (χ1) is 34.3. The van der Waals surface area contributed by atoms with E-state index < -0.39 is 6.71 Å². The van der Waals surface area contributed by atoms with Gasteiger partial charge in [-0.2, -0.15) is 10.5 Å². The lowest BCUT2D eigenvalue weighted by atomic mass is 9.32. The summed E-state index contributed by atoms with van der Waals surface area (Å²) in [5.74, 6) is 2.74. The molecule has 0 atom stereocenters. The summed E-state index contributed by atoms with van der Waals surface area (Å²) >= 11 is 0. The van der Waals surface area contributed by atoms with Crippen LogP contribution < -0.4 is 61.9 Å². The Labute approximate surface area is 410 Å². The second-order valence-electron chi connectivity index (χ2n) is 18.0. The van der Waals surface area contributed by atoms with E-state index in [0.29, 0.717) is 34.1 Å². The SMILES string of the molecule is CN(C)c1ccc2c(c1)Oc1cc(N(C)C)ccc1B2c1cc(C#N)c(B2c3ccc(N(c4ccccc4)c4ccccc4)cc3Oc3cc(N(c4ccccc4)c4ccccc4)ccc32)cc1C#N. The summed E-state index contributed by atoms with van der Waals surface area (Å²) in [5, 5.41) is 22.6. The molecule has 0 aliphatic carbocycles. The number of nitrogens with zero attached hydrogens (tertiary/aromatic N) is 6. The van der Waals surface area contributed by atoms with E-state index >= 15 is 0 Å². The molecular formula is C60H46B2N6O2. The highest BCUT2D eigenvalue weighted by atomic mass is 16.5. The van der Waals surface area contributed by atoms with Crippen molar-refractivity contribution >= 4 is 91.7 Å². The molecule has 0 amide bonds. The summed E-state index contributed by atoms with van der Waals surface area (Å²) in [6.45, 7) is -0.855. The summed E-state index contributed by atoms with van der Waals surface area (Å²) in [6.07, 6.45) is 0. The number of anilines is 8. The molecule has 0 N–H and O–H groups in total. The van der Waals surface area contributed by atoms with Crippen molar-refractivity contribution in [1.29, 1.82) is 10.5 Å². The monoisotopic (exact) mass is 904 g/mol. The van der Waals surface area contributed by atoms with Crippen molar-refractivity contribution in [3.63, 3.8) is 0 Å². The number of nitriles is 2. The van der Waals surface area contributed by atoms with Gasteiger partial charge in [-0.05, 0) is 118 Å². The molecule has 2 aliphatic heterocycles. The van der Waals surface area contributed by atoms with E-state index in [-0.39, 0.29) is 6.71 Å².